The highest BCUT2D eigenvalue weighted by Gasteiger charge is 2.30. The molecule has 0 aliphatic heterocycles. The number of nitrogens with zero attached hydrogens (tertiary/aromatic N) is 2. The van der Waals surface area contributed by atoms with Gasteiger partial charge in [0, 0.05) is 12.1 Å². The van der Waals surface area contributed by atoms with Gasteiger partial charge in [-0.2, -0.15) is 0 Å². The van der Waals surface area contributed by atoms with Gasteiger partial charge in [-0.3, -0.25) is 20.0 Å². The van der Waals surface area contributed by atoms with Crippen molar-refractivity contribution in [1.82, 2.24) is 15.5 Å². The molecule has 0 fully saturated rings. The molecular formula is C31H33N5O5S2. The number of hydrogen-bond acceptors (Lipinski definition) is 8. The van der Waals surface area contributed by atoms with Crippen molar-refractivity contribution >= 4 is 52.3 Å². The minimum atomic E-state index is -1.05. The molecule has 43 heavy (non-hydrogen) atoms. The zero-order chi connectivity index (χ0) is 30.8. The number of benzene rings is 3. The monoisotopic (exact) mass is 619 g/mol. The molecule has 0 bridgehead atoms. The van der Waals surface area contributed by atoms with Crippen LogP contribution in [0.1, 0.15) is 31.9 Å². The summed E-state index contributed by atoms with van der Waals surface area (Å²) >= 11 is 6.14. The first-order chi connectivity index (χ1) is 20.6. The molecule has 3 amide bonds. The molecule has 0 saturated heterocycles. The Balaban J connectivity index is 1.54. The Kier molecular flexibility index (Phi) is 10.6. The number of hydrogen-bond donors (Lipinski definition) is 3. The molecule has 0 unspecified atom stereocenters. The summed E-state index contributed by atoms with van der Waals surface area (Å²) < 4.78 is 11.8. The zero-order valence-electron chi connectivity index (χ0n) is 24.0. The van der Waals surface area contributed by atoms with E-state index in [1.807, 2.05) is 54.6 Å². The molecule has 10 nitrogen and oxygen atoms in total. The number of alkyl carbamates (subject to hydrolysis) is 1. The summed E-state index contributed by atoms with van der Waals surface area (Å²) in [5.41, 5.74) is 1.53. The molecule has 12 heteroatoms. The standard InChI is InChI=1S/C31H33N5O5S2/c1-31(2,3)41-29(39)32-25(18-21-14-16-24(17-15-21)40-20-22-10-6-4-7-11-22)27(38)36(23-12-8-5-9-13-23)19-26(37)33-28-34-35-30(42)43-28/h4-17,25H,18-20H2,1-3H3,(H,32,39)(H,35,42)(H,33,34,37)/t25-/m0/s1. The van der Waals surface area contributed by atoms with Crippen LogP contribution in [0, 0.1) is 3.95 Å². The van der Waals surface area contributed by atoms with E-state index in [1.54, 1.807) is 51.1 Å². The lowest BCUT2D eigenvalue weighted by atomic mass is 10.0. The molecule has 0 saturated carbocycles. The number of aromatic nitrogens is 2. The fourth-order valence-corrected chi connectivity index (χ4v) is 4.83. The largest absolute Gasteiger partial charge is 0.489 e. The van der Waals surface area contributed by atoms with Gasteiger partial charge in [0.25, 0.3) is 5.91 Å². The van der Waals surface area contributed by atoms with Crippen LogP contribution in [0.2, 0.25) is 0 Å². The third-order valence-corrected chi connectivity index (χ3v) is 6.93. The summed E-state index contributed by atoms with van der Waals surface area (Å²) in [6.45, 7) is 5.31. The van der Waals surface area contributed by atoms with Gasteiger partial charge in [0.2, 0.25) is 11.0 Å². The first kappa shape index (κ1) is 31.4. The summed E-state index contributed by atoms with van der Waals surface area (Å²) in [7, 11) is 0. The molecule has 1 atom stereocenters. The van der Waals surface area contributed by atoms with Gasteiger partial charge in [0.1, 0.15) is 30.5 Å². The number of ether oxygens (including phenoxy) is 2. The average Bonchev–Trinajstić information content (AvgIpc) is 3.39. The minimum Gasteiger partial charge on any atom is -0.489 e. The van der Waals surface area contributed by atoms with E-state index in [2.05, 4.69) is 20.8 Å². The fourth-order valence-electron chi connectivity index (χ4n) is 4.03. The van der Waals surface area contributed by atoms with Crippen molar-refractivity contribution in [3.05, 3.63) is 100 Å². The fraction of sp³-hybridized carbons (Fsp3) is 0.258. The van der Waals surface area contributed by atoms with Gasteiger partial charge in [0.15, 0.2) is 3.95 Å². The highest BCUT2D eigenvalue weighted by atomic mass is 32.1. The van der Waals surface area contributed by atoms with Crippen molar-refractivity contribution in [3.63, 3.8) is 0 Å². The first-order valence-electron chi connectivity index (χ1n) is 13.5. The van der Waals surface area contributed by atoms with Gasteiger partial charge < -0.3 is 19.7 Å². The lowest BCUT2D eigenvalue weighted by Crippen LogP contribution is -2.52. The number of anilines is 2. The number of carbonyl (C=O) groups excluding carboxylic acids is 3. The van der Waals surface area contributed by atoms with Gasteiger partial charge in [-0.25, -0.2) is 4.79 Å². The molecular weight excluding hydrogens is 587 g/mol. The van der Waals surface area contributed by atoms with E-state index in [9.17, 15) is 14.4 Å². The van der Waals surface area contributed by atoms with Crippen LogP contribution in [0.25, 0.3) is 0 Å². The molecule has 0 aliphatic rings. The number of amides is 3. The van der Waals surface area contributed by atoms with Crippen LogP contribution in [0.4, 0.5) is 15.6 Å². The van der Waals surface area contributed by atoms with Crippen LogP contribution < -0.4 is 20.3 Å². The molecule has 3 N–H and O–H groups in total. The molecule has 4 aromatic rings. The van der Waals surface area contributed by atoms with Gasteiger partial charge in [-0.15, -0.1) is 5.10 Å². The van der Waals surface area contributed by atoms with Crippen molar-refractivity contribution < 1.29 is 23.9 Å². The van der Waals surface area contributed by atoms with E-state index in [-0.39, 0.29) is 18.1 Å². The zero-order valence-corrected chi connectivity index (χ0v) is 25.7. The highest BCUT2D eigenvalue weighted by molar-refractivity contribution is 7.73. The van der Waals surface area contributed by atoms with Crippen LogP contribution in [0.3, 0.4) is 0 Å². The van der Waals surface area contributed by atoms with E-state index in [1.165, 1.54) is 4.90 Å². The van der Waals surface area contributed by atoms with Crippen LogP contribution in [-0.4, -0.2) is 46.3 Å². The summed E-state index contributed by atoms with van der Waals surface area (Å²) in [6.07, 6.45) is -0.606. The summed E-state index contributed by atoms with van der Waals surface area (Å²) in [5, 5.41) is 12.2. The average molecular weight is 620 g/mol. The second kappa shape index (κ2) is 14.6. The van der Waals surface area contributed by atoms with Crippen molar-refractivity contribution in [3.8, 4) is 5.75 Å². The maximum absolute atomic E-state index is 14.1. The Bertz CT molecular complexity index is 1570. The highest BCUT2D eigenvalue weighted by Crippen LogP contribution is 2.20. The smallest absolute Gasteiger partial charge is 0.408 e. The van der Waals surface area contributed by atoms with E-state index in [4.69, 9.17) is 21.7 Å². The quantitative estimate of drug-likeness (QED) is 0.179. The number of para-hydroxylation sites is 1. The topological polar surface area (TPSA) is 126 Å². The Morgan fingerprint density at radius 2 is 1.60 bits per heavy atom. The third kappa shape index (κ3) is 10.0. The number of H-pyrrole nitrogens is 1. The number of nitrogens with one attached hydrogen (secondary N) is 3. The maximum Gasteiger partial charge on any atom is 0.408 e. The predicted octanol–water partition coefficient (Wildman–Crippen LogP) is 5.89. The SMILES string of the molecule is CC(C)(C)OC(=O)N[C@@H](Cc1ccc(OCc2ccccc2)cc1)C(=O)N(CC(=O)Nc1n[nH]c(=S)s1)c1ccccc1. The van der Waals surface area contributed by atoms with Crippen LogP contribution in [-0.2, 0) is 27.4 Å². The molecule has 1 heterocycles. The Hall–Kier alpha value is -4.55. The molecule has 0 radical (unpaired) electrons. The van der Waals surface area contributed by atoms with Gasteiger partial charge in [-0.1, -0.05) is 72.0 Å². The van der Waals surface area contributed by atoms with Crippen molar-refractivity contribution in [1.29, 1.82) is 0 Å². The van der Waals surface area contributed by atoms with Crippen molar-refractivity contribution in [2.75, 3.05) is 16.8 Å². The van der Waals surface area contributed by atoms with E-state index in [0.29, 0.717) is 22.0 Å². The van der Waals surface area contributed by atoms with Gasteiger partial charge in [-0.05, 0) is 68.4 Å². The lowest BCUT2D eigenvalue weighted by molar-refractivity contribution is -0.123. The summed E-state index contributed by atoms with van der Waals surface area (Å²) in [6, 6.07) is 24.8. The second-order valence-electron chi connectivity index (χ2n) is 10.5. The van der Waals surface area contributed by atoms with Crippen LogP contribution >= 0.6 is 23.6 Å². The minimum absolute atomic E-state index is 0.142. The van der Waals surface area contributed by atoms with Crippen molar-refractivity contribution in [2.45, 2.75) is 45.4 Å². The maximum atomic E-state index is 14.1. The molecule has 224 valence electrons. The Morgan fingerprint density at radius 3 is 2.21 bits per heavy atom. The third-order valence-electron chi connectivity index (χ3n) is 5.92. The number of carbonyl (C=O) groups is 3. The first-order valence-corrected chi connectivity index (χ1v) is 14.8. The van der Waals surface area contributed by atoms with Crippen LogP contribution in [0.15, 0.2) is 84.9 Å². The second-order valence-corrected chi connectivity index (χ2v) is 12.2. The van der Waals surface area contributed by atoms with E-state index < -0.39 is 29.6 Å². The molecule has 0 spiro atoms. The summed E-state index contributed by atoms with van der Waals surface area (Å²) in [5.74, 6) is -0.308. The summed E-state index contributed by atoms with van der Waals surface area (Å²) in [4.78, 5) is 41.2. The molecule has 1 aromatic heterocycles. The lowest BCUT2D eigenvalue weighted by Gasteiger charge is -2.28. The molecule has 0 aliphatic carbocycles. The van der Waals surface area contributed by atoms with E-state index in [0.717, 1.165) is 22.5 Å². The van der Waals surface area contributed by atoms with E-state index >= 15 is 0 Å². The molecule has 4 rings (SSSR count). The molecule has 3 aromatic carbocycles. The Morgan fingerprint density at radius 1 is 0.953 bits per heavy atom. The predicted molar refractivity (Wildman–Crippen MR) is 169 cm³/mol. The normalized spacial score (nSPS) is 11.7. The Labute approximate surface area is 259 Å². The van der Waals surface area contributed by atoms with Crippen molar-refractivity contribution in [2.24, 2.45) is 0 Å². The number of aromatic amines is 1. The number of rotatable bonds is 11. The van der Waals surface area contributed by atoms with Crippen LogP contribution in [0.5, 0.6) is 5.75 Å². The van der Waals surface area contributed by atoms with Gasteiger partial charge in [0.05, 0.1) is 0 Å². The van der Waals surface area contributed by atoms with Gasteiger partial charge >= 0.3 is 6.09 Å².